The summed E-state index contributed by atoms with van der Waals surface area (Å²) in [5.74, 6) is 0. The minimum atomic E-state index is -1.40. The zero-order valence-corrected chi connectivity index (χ0v) is 9.54. The van der Waals surface area contributed by atoms with Crippen LogP contribution in [-0.2, 0) is 0 Å². The number of aliphatic hydroxyl groups is 2. The van der Waals surface area contributed by atoms with Crippen molar-refractivity contribution >= 4 is 12.6 Å². The molecule has 0 aliphatic carbocycles. The summed E-state index contributed by atoms with van der Waals surface area (Å²) in [7, 11) is -1.40. The van der Waals surface area contributed by atoms with Crippen LogP contribution < -0.4 is 5.46 Å². The van der Waals surface area contributed by atoms with Crippen molar-refractivity contribution in [1.29, 1.82) is 0 Å². The van der Waals surface area contributed by atoms with E-state index < -0.39 is 7.12 Å². The van der Waals surface area contributed by atoms with Crippen LogP contribution in [0.5, 0.6) is 0 Å². The molecule has 6 heteroatoms. The van der Waals surface area contributed by atoms with E-state index in [0.717, 1.165) is 0 Å². The fourth-order valence-electron chi connectivity index (χ4n) is 0.579. The zero-order valence-electron chi connectivity index (χ0n) is 9.54. The van der Waals surface area contributed by atoms with E-state index in [2.05, 4.69) is 4.98 Å². The molecule has 0 aliphatic rings. The largest absolute Gasteiger partial charge is 0.490 e. The first-order valence-corrected chi connectivity index (χ1v) is 4.91. The maximum absolute atomic E-state index is 8.54. The van der Waals surface area contributed by atoms with Gasteiger partial charge in [0.05, 0.1) is 13.2 Å². The molecule has 0 saturated carbocycles. The molecule has 5 nitrogen and oxygen atoms in total. The molecule has 90 valence electrons. The molecule has 0 aliphatic heterocycles. The molecular formula is C10H18BNO4. The fraction of sp³-hybridized carbons (Fsp3) is 0.500. The molecule has 1 heterocycles. The molecule has 0 saturated heterocycles. The van der Waals surface area contributed by atoms with E-state index in [1.807, 2.05) is 0 Å². The van der Waals surface area contributed by atoms with Gasteiger partial charge in [-0.05, 0) is 6.07 Å². The maximum atomic E-state index is 8.54. The summed E-state index contributed by atoms with van der Waals surface area (Å²) < 4.78 is 0. The monoisotopic (exact) mass is 227 g/mol. The average molecular weight is 227 g/mol. The summed E-state index contributed by atoms with van der Waals surface area (Å²) in [4.78, 5) is 3.69. The molecule has 0 amide bonds. The summed E-state index contributed by atoms with van der Waals surface area (Å²) in [6.07, 6.45) is 2.98. The van der Waals surface area contributed by atoms with Gasteiger partial charge in [0.15, 0.2) is 0 Å². The van der Waals surface area contributed by atoms with Crippen molar-refractivity contribution in [1.82, 2.24) is 4.98 Å². The first kappa shape index (κ1) is 15.1. The topological polar surface area (TPSA) is 93.8 Å². The number of aliphatic hydroxyl groups excluding tert-OH is 2. The molecule has 0 radical (unpaired) electrons. The van der Waals surface area contributed by atoms with Crippen LogP contribution in [-0.4, -0.2) is 45.6 Å². The van der Waals surface area contributed by atoms with Gasteiger partial charge >= 0.3 is 7.12 Å². The molecular weight excluding hydrogens is 209 g/mol. The van der Waals surface area contributed by atoms with Crippen LogP contribution in [0.1, 0.15) is 13.8 Å². The minimum absolute atomic E-state index is 0.0451. The minimum Gasteiger partial charge on any atom is -0.423 e. The van der Waals surface area contributed by atoms with Crippen molar-refractivity contribution in [2.75, 3.05) is 13.2 Å². The molecule has 0 spiro atoms. The molecule has 4 N–H and O–H groups in total. The highest BCUT2D eigenvalue weighted by Crippen LogP contribution is 2.10. The zero-order chi connectivity index (χ0) is 12.6. The summed E-state index contributed by atoms with van der Waals surface area (Å²) in [5, 5.41) is 33.9. The Labute approximate surface area is 95.6 Å². The number of rotatable bonds is 3. The highest BCUT2D eigenvalue weighted by atomic mass is 16.4. The van der Waals surface area contributed by atoms with E-state index in [-0.39, 0.29) is 18.6 Å². The van der Waals surface area contributed by atoms with Crippen LogP contribution in [0.3, 0.4) is 0 Å². The summed E-state index contributed by atoms with van der Waals surface area (Å²) in [5.41, 5.74) is 0.109. The van der Waals surface area contributed by atoms with Gasteiger partial charge in [-0.15, -0.1) is 0 Å². The van der Waals surface area contributed by atoms with Gasteiger partial charge in [0.25, 0.3) is 0 Å². The van der Waals surface area contributed by atoms with Gasteiger partial charge in [-0.3, -0.25) is 4.98 Å². The van der Waals surface area contributed by atoms with Crippen LogP contribution in [0.4, 0.5) is 0 Å². The van der Waals surface area contributed by atoms with Gasteiger partial charge in [-0.1, -0.05) is 19.9 Å². The van der Waals surface area contributed by atoms with E-state index in [9.17, 15) is 0 Å². The van der Waals surface area contributed by atoms with Gasteiger partial charge in [0, 0.05) is 23.3 Å². The van der Waals surface area contributed by atoms with Crippen molar-refractivity contribution in [2.45, 2.75) is 13.8 Å². The second-order valence-electron chi connectivity index (χ2n) is 4.14. The first-order valence-electron chi connectivity index (χ1n) is 4.91. The smallest absolute Gasteiger partial charge is 0.423 e. The molecule has 0 fully saturated rings. The van der Waals surface area contributed by atoms with Gasteiger partial charge in [0.1, 0.15) is 0 Å². The van der Waals surface area contributed by atoms with Crippen molar-refractivity contribution < 1.29 is 20.3 Å². The van der Waals surface area contributed by atoms with Crippen LogP contribution in [0.15, 0.2) is 24.5 Å². The van der Waals surface area contributed by atoms with E-state index in [0.29, 0.717) is 5.46 Å². The number of hydrogen-bond donors (Lipinski definition) is 4. The lowest BCUT2D eigenvalue weighted by atomic mass is 9.82. The summed E-state index contributed by atoms with van der Waals surface area (Å²) >= 11 is 0. The standard InChI is InChI=1S/C5H6BNO2.C5H12O2/c8-6(9)5-2-1-3-7-4-5;1-5(2,3-6)4-7/h1-4,8-9H;6-7H,3-4H2,1-2H3. The van der Waals surface area contributed by atoms with Crippen LogP contribution in [0.25, 0.3) is 0 Å². The first-order chi connectivity index (χ1) is 7.43. The van der Waals surface area contributed by atoms with Gasteiger partial charge in [-0.2, -0.15) is 0 Å². The van der Waals surface area contributed by atoms with Crippen molar-refractivity contribution in [3.63, 3.8) is 0 Å². The SMILES string of the molecule is CC(C)(CO)CO.OB(O)c1cccnc1. The van der Waals surface area contributed by atoms with E-state index in [1.54, 1.807) is 32.2 Å². The van der Waals surface area contributed by atoms with E-state index >= 15 is 0 Å². The second-order valence-corrected chi connectivity index (χ2v) is 4.14. The molecule has 1 rings (SSSR count). The van der Waals surface area contributed by atoms with Crippen LogP contribution in [0, 0.1) is 5.41 Å². The number of pyridine rings is 1. The maximum Gasteiger partial charge on any atom is 0.490 e. The third-order valence-electron chi connectivity index (χ3n) is 1.84. The van der Waals surface area contributed by atoms with Gasteiger partial charge < -0.3 is 20.3 Å². The molecule has 0 unspecified atom stereocenters. The van der Waals surface area contributed by atoms with Crippen molar-refractivity contribution in [3.8, 4) is 0 Å². The second kappa shape index (κ2) is 7.35. The summed E-state index contributed by atoms with van der Waals surface area (Å²) in [6, 6.07) is 3.24. The Morgan fingerprint density at radius 1 is 1.25 bits per heavy atom. The lowest BCUT2D eigenvalue weighted by Gasteiger charge is -2.16. The lowest BCUT2D eigenvalue weighted by Crippen LogP contribution is -2.29. The quantitative estimate of drug-likeness (QED) is 0.484. The molecule has 0 atom stereocenters. The Morgan fingerprint density at radius 2 is 1.81 bits per heavy atom. The Hall–Kier alpha value is -0.945. The normalized spacial score (nSPS) is 10.4. The van der Waals surface area contributed by atoms with E-state index in [1.165, 1.54) is 6.20 Å². The number of hydrogen-bond acceptors (Lipinski definition) is 5. The highest BCUT2D eigenvalue weighted by Gasteiger charge is 2.13. The third kappa shape index (κ3) is 6.52. The Morgan fingerprint density at radius 3 is 2.00 bits per heavy atom. The molecule has 0 aromatic carbocycles. The Bertz CT molecular complexity index is 273. The predicted octanol–water partition coefficient (Wildman–Crippen LogP) is -1.24. The van der Waals surface area contributed by atoms with Crippen LogP contribution in [0.2, 0.25) is 0 Å². The lowest BCUT2D eigenvalue weighted by molar-refractivity contribution is 0.0857. The Kier molecular flexibility index (Phi) is 6.91. The average Bonchev–Trinajstić information content (AvgIpc) is 2.31. The predicted molar refractivity (Wildman–Crippen MR) is 62.0 cm³/mol. The van der Waals surface area contributed by atoms with Crippen molar-refractivity contribution in [3.05, 3.63) is 24.5 Å². The molecule has 16 heavy (non-hydrogen) atoms. The van der Waals surface area contributed by atoms with Gasteiger partial charge in [-0.25, -0.2) is 0 Å². The number of nitrogens with zero attached hydrogens (tertiary/aromatic N) is 1. The molecule has 0 bridgehead atoms. The molecule has 1 aromatic rings. The number of aromatic nitrogens is 1. The van der Waals surface area contributed by atoms with Crippen LogP contribution >= 0.6 is 0 Å². The van der Waals surface area contributed by atoms with E-state index in [4.69, 9.17) is 20.3 Å². The Balaban J connectivity index is 0.000000293. The fourth-order valence-corrected chi connectivity index (χ4v) is 0.579. The summed E-state index contributed by atoms with van der Waals surface area (Å²) in [6.45, 7) is 3.69. The van der Waals surface area contributed by atoms with Crippen molar-refractivity contribution in [2.24, 2.45) is 5.41 Å². The molecule has 1 aromatic heterocycles. The third-order valence-corrected chi connectivity index (χ3v) is 1.84. The highest BCUT2D eigenvalue weighted by molar-refractivity contribution is 6.58. The van der Waals surface area contributed by atoms with Gasteiger partial charge in [0.2, 0.25) is 0 Å².